The predicted octanol–water partition coefficient (Wildman–Crippen LogP) is -0.129. The second-order valence-electron chi connectivity index (χ2n) is 29.6. The predicted molar refractivity (Wildman–Crippen MR) is 420 cm³/mol. The van der Waals surface area contributed by atoms with Gasteiger partial charge in [-0.15, -0.1) is 0 Å². The molecule has 3 aliphatic rings. The molecule has 34 nitrogen and oxygen atoms in total. The lowest BCUT2D eigenvalue weighted by Crippen LogP contribution is -2.64. The van der Waals surface area contributed by atoms with Crippen LogP contribution in [-0.4, -0.2) is 250 Å². The summed E-state index contributed by atoms with van der Waals surface area (Å²) < 4.78 is 11.6. The molecule has 36 heteroatoms. The molecule has 15 N–H and O–H groups in total. The molecule has 0 spiro atoms. The maximum Gasteiger partial charge on any atom is 0.331 e. The number of carboxylic acids is 1. The van der Waals surface area contributed by atoms with Gasteiger partial charge in [0.05, 0.1) is 30.9 Å². The Morgan fingerprint density at radius 1 is 0.628 bits per heavy atom. The number of rotatable bonds is 20. The Kier molecular flexibility index (Phi) is 38.6. The van der Waals surface area contributed by atoms with Gasteiger partial charge in [-0.2, -0.15) is 0 Å². The zero-order valence-corrected chi connectivity index (χ0v) is 68.3. The molecule has 19 atom stereocenters. The van der Waals surface area contributed by atoms with E-state index in [9.17, 15) is 68.1 Å². The van der Waals surface area contributed by atoms with Crippen molar-refractivity contribution in [2.24, 2.45) is 23.7 Å². The lowest BCUT2D eigenvalue weighted by atomic mass is 9.96. The maximum atomic E-state index is 15.6. The highest BCUT2D eigenvalue weighted by atomic mass is 33.1. The Labute approximate surface area is 667 Å². The van der Waals surface area contributed by atoms with Gasteiger partial charge in [0.2, 0.25) is 70.9 Å². The number of aliphatic hydroxyl groups excluding tert-OH is 2. The summed E-state index contributed by atoms with van der Waals surface area (Å²) in [6.07, 6.45) is -5.23. The Balaban J connectivity index is 1.80. The Morgan fingerprint density at radius 2 is 1.20 bits per heavy atom. The van der Waals surface area contributed by atoms with Gasteiger partial charge < -0.3 is 93.1 Å². The number of amides is 13. The number of likely N-dealkylation sites (N-methyl/N-ethyl adjacent to an activating group) is 1. The van der Waals surface area contributed by atoms with E-state index in [1.807, 2.05) is 20.8 Å². The average molecular weight is 1620 g/mol. The molecule has 3 fully saturated rings. The summed E-state index contributed by atoms with van der Waals surface area (Å²) in [6.45, 7) is 20.4. The summed E-state index contributed by atoms with van der Waals surface area (Å²) in [5.74, 6) is -17.7. The molecule has 3 unspecified atom stereocenters. The third kappa shape index (κ3) is 28.7. The zero-order valence-electron chi connectivity index (χ0n) is 66.6. The Bertz CT molecular complexity index is 3640. The summed E-state index contributed by atoms with van der Waals surface area (Å²) in [7, 11) is 4.27. The summed E-state index contributed by atoms with van der Waals surface area (Å²) >= 11 is 0. The number of hydrogen-bond donors (Lipinski definition) is 15. The Morgan fingerprint density at radius 3 is 1.79 bits per heavy atom. The van der Waals surface area contributed by atoms with Crippen molar-refractivity contribution >= 4 is 110 Å². The van der Waals surface area contributed by atoms with Gasteiger partial charge in [0.25, 0.3) is 5.91 Å². The lowest BCUT2D eigenvalue weighted by molar-refractivity contribution is -0.158. The van der Waals surface area contributed by atoms with E-state index < -0.39 is 228 Å². The molecule has 2 bridgehead atoms. The van der Waals surface area contributed by atoms with Gasteiger partial charge in [-0.1, -0.05) is 163 Å². The van der Waals surface area contributed by atoms with Crippen LogP contribution in [0.4, 0.5) is 0 Å². The molecule has 3 saturated heterocycles. The van der Waals surface area contributed by atoms with Crippen LogP contribution in [0.3, 0.4) is 0 Å². The summed E-state index contributed by atoms with van der Waals surface area (Å²) in [6, 6.07) is -3.60. The average Bonchev–Trinajstić information content (AvgIpc) is 1.75. The number of carbonyl (C=O) groups excluding carboxylic acids is 14. The van der Waals surface area contributed by atoms with E-state index in [1.165, 1.54) is 39.8 Å². The van der Waals surface area contributed by atoms with Crippen molar-refractivity contribution in [2.45, 2.75) is 244 Å². The van der Waals surface area contributed by atoms with E-state index in [0.29, 0.717) is 24.0 Å². The number of carboxylic acid groups (broad SMARTS) is 1. The summed E-state index contributed by atoms with van der Waals surface area (Å²) in [4.78, 5) is 221. The minimum Gasteiger partial charge on any atom is -0.481 e. The fourth-order valence-corrected chi connectivity index (χ4v) is 15.1. The van der Waals surface area contributed by atoms with Crippen molar-refractivity contribution in [1.82, 2.24) is 73.6 Å². The molecule has 3 heterocycles. The number of carbonyl (C=O) groups is 15. The van der Waals surface area contributed by atoms with Gasteiger partial charge >= 0.3 is 11.9 Å². The number of aliphatic carboxylic acids is 1. The SMILES string of the molecule is C=C1NC(=O)[C@H]([C@@H](C)CC)NC(=O)[C@@H]2CSSC[C@H](NC(=O)CCC(=O)O)C(=O)N[C@H](Cc3ccccc3)C(=O)N[C@H](C)C(=O)N[C@@H](C[C@@H](C)CC)C(O)N[C@@H](C(=O)NC(Cc3ccccc3)C(=O)N3CCC[C@H]3C(=O)N2)[C@@H](C)OC(=O)[C@H](CO)NC(=O)[C@H]([C@@H](C)OC)N(C)C(=O)C(C(C)C)NC(=O)[C@H](C[C@H](C)CC)NC1=O. The first-order valence-electron chi connectivity index (χ1n) is 38.4. The highest BCUT2D eigenvalue weighted by molar-refractivity contribution is 8.76. The van der Waals surface area contributed by atoms with E-state index in [-0.39, 0.29) is 69.1 Å². The first kappa shape index (κ1) is 94.4. The van der Waals surface area contributed by atoms with E-state index in [0.717, 1.165) is 26.5 Å². The summed E-state index contributed by atoms with van der Waals surface area (Å²) in [5.41, 5.74) is 0.440. The quantitative estimate of drug-likeness (QED) is 0.0466. The largest absolute Gasteiger partial charge is 0.481 e. The van der Waals surface area contributed by atoms with Crippen molar-refractivity contribution in [2.75, 3.05) is 38.8 Å². The van der Waals surface area contributed by atoms with Gasteiger partial charge in [0, 0.05) is 51.5 Å². The fraction of sp³-hybridized carbons (Fsp3) is 0.623. The number of nitrogens with zero attached hydrogens (tertiary/aromatic N) is 2. The molecule has 13 amide bonds. The van der Waals surface area contributed by atoms with Crippen LogP contribution in [0.2, 0.25) is 0 Å². The molecule has 3 aliphatic heterocycles. The molecule has 2 aromatic carbocycles. The van der Waals surface area contributed by atoms with E-state index in [1.54, 1.807) is 95.3 Å². The number of cyclic esters (lactones) is 1. The third-order valence-electron chi connectivity index (χ3n) is 20.4. The van der Waals surface area contributed by atoms with Crippen molar-refractivity contribution in [3.63, 3.8) is 0 Å². The van der Waals surface area contributed by atoms with Crippen LogP contribution in [0, 0.1) is 23.7 Å². The molecule has 0 aliphatic carbocycles. The number of esters is 1. The second-order valence-corrected chi connectivity index (χ2v) is 32.1. The monoisotopic (exact) mass is 1620 g/mol. The zero-order chi connectivity index (χ0) is 84.1. The minimum absolute atomic E-state index is 0.00667. The number of fused-ring (bicyclic) bond motifs is 6. The molecule has 113 heavy (non-hydrogen) atoms. The first-order chi connectivity index (χ1) is 53.5. The molecular weight excluding hydrogens is 1510 g/mol. The maximum absolute atomic E-state index is 15.6. The molecule has 626 valence electrons. The van der Waals surface area contributed by atoms with E-state index >= 15 is 19.2 Å². The van der Waals surface area contributed by atoms with Crippen LogP contribution in [-0.2, 0) is 94.2 Å². The second kappa shape index (κ2) is 46.2. The highest BCUT2D eigenvalue weighted by Crippen LogP contribution is 2.27. The standard InChI is InChI=1S/C77H116N14O20S2/c1-15-41(6)33-50-67(99)87-60(40(4)5)76(108)90(13)63(47(12)110-14)74(106)85-54(37-92)77(109)111-46(11)62-73(105)84-53(36-49-27-22-19-23-28-49)75(107)91-32-24-29-57(91)71(103)86-56(70(102)88-61(43(8)17-3)72(104)79-45(10)65(97)81-50)39-113-112-38-55(80-58(93)30-31-59(94)95)69(101)83-52(35-48-25-20-18-21-26-48)66(98)78-44(9)64(96)82-51(68(100)89-62)34-42(7)16-2/h18-23,25-28,40-44,46-47,50-57,60-63,68,89,92,100H,10,15-17,24,29-39H2,1-9,11-14H3,(H,78,98)(H,79,104)(H,80,93)(H,81,97)(H,82,96)(H,83,101)(H,84,105)(H,85,106)(H,86,103)(H,87,99)(H,88,102)(H,94,95)/t41-,42+,43+,44-,46-,47-,50+,51+,52-,53?,54+,55+,56+,57+,60?,61+,62-,63+,68?/m1/s1. The van der Waals surface area contributed by atoms with Crippen LogP contribution >= 0.6 is 21.6 Å². The van der Waals surface area contributed by atoms with Crippen LogP contribution < -0.4 is 63.8 Å². The molecule has 5 rings (SSSR count). The third-order valence-corrected chi connectivity index (χ3v) is 22.9. The summed E-state index contributed by atoms with van der Waals surface area (Å²) in [5, 5.41) is 64.9. The van der Waals surface area contributed by atoms with E-state index in [2.05, 4.69) is 70.4 Å². The van der Waals surface area contributed by atoms with Crippen molar-refractivity contribution < 1.29 is 96.7 Å². The number of ether oxygens (including phenoxy) is 2. The van der Waals surface area contributed by atoms with Gasteiger partial charge in [-0.05, 0) is 81.3 Å². The minimum atomic E-state index is -1.99. The number of hydrogen-bond acceptors (Lipinski definition) is 22. The van der Waals surface area contributed by atoms with Gasteiger partial charge in [-0.25, -0.2) is 4.79 Å². The first-order valence-corrected chi connectivity index (χ1v) is 40.9. The van der Waals surface area contributed by atoms with Crippen LogP contribution in [0.15, 0.2) is 72.9 Å². The van der Waals surface area contributed by atoms with Gasteiger partial charge in [0.1, 0.15) is 78.8 Å². The van der Waals surface area contributed by atoms with Crippen LogP contribution in [0.5, 0.6) is 0 Å². The lowest BCUT2D eigenvalue weighted by Gasteiger charge is -2.36. The van der Waals surface area contributed by atoms with Gasteiger partial charge in [0.15, 0.2) is 6.04 Å². The van der Waals surface area contributed by atoms with Gasteiger partial charge in [-0.3, -0.25) is 72.4 Å². The molecule has 2 aromatic rings. The number of methoxy groups -OCH3 is 1. The fourth-order valence-electron chi connectivity index (χ4n) is 12.8. The molecule has 0 aromatic heterocycles. The van der Waals surface area contributed by atoms with E-state index in [4.69, 9.17) is 9.47 Å². The molecule has 0 radical (unpaired) electrons. The van der Waals surface area contributed by atoms with Crippen molar-refractivity contribution in [3.05, 3.63) is 84.1 Å². The van der Waals surface area contributed by atoms with Crippen molar-refractivity contribution in [3.8, 4) is 0 Å². The number of benzene rings is 2. The smallest absolute Gasteiger partial charge is 0.331 e. The Hall–Kier alpha value is -9.23. The normalized spacial score (nSPS) is 28.1. The van der Waals surface area contributed by atoms with Crippen molar-refractivity contribution in [1.29, 1.82) is 0 Å². The van der Waals surface area contributed by atoms with Crippen LogP contribution in [0.25, 0.3) is 0 Å². The number of nitrogens with one attached hydrogen (secondary N) is 12. The number of aliphatic hydroxyl groups is 2. The topological polar surface area (TPSA) is 486 Å². The van der Waals surface area contributed by atoms with Crippen LogP contribution in [0.1, 0.15) is 145 Å². The highest BCUT2D eigenvalue weighted by Gasteiger charge is 2.45. The molecular formula is C77H116N14O20S2. The molecule has 0 saturated carbocycles.